The van der Waals surface area contributed by atoms with Crippen molar-refractivity contribution >= 4 is 16.7 Å². The number of rotatable bonds is 3. The lowest BCUT2D eigenvalue weighted by molar-refractivity contribution is 0.479. The van der Waals surface area contributed by atoms with Crippen molar-refractivity contribution in [3.63, 3.8) is 0 Å². The lowest BCUT2D eigenvalue weighted by Crippen LogP contribution is -2.12. The van der Waals surface area contributed by atoms with Crippen LogP contribution in [0.5, 0.6) is 5.75 Å². The Morgan fingerprint density at radius 1 is 0.962 bits per heavy atom. The standard InChI is InChI=1S/C21H16FN3O/c22-17-11-18-13(9-16(17)21(23)24)10-19(25-18)15-8-4-7-14(20(15)26)12-5-2-1-3-6-12/h1-11,25-26H,(H3,23,24). The second-order valence-corrected chi connectivity index (χ2v) is 6.08. The minimum atomic E-state index is -0.555. The van der Waals surface area contributed by atoms with Crippen molar-refractivity contribution in [2.45, 2.75) is 0 Å². The zero-order chi connectivity index (χ0) is 18.3. The van der Waals surface area contributed by atoms with E-state index in [9.17, 15) is 9.50 Å². The molecule has 5 heteroatoms. The maximum Gasteiger partial charge on any atom is 0.136 e. The molecule has 4 aromatic rings. The highest BCUT2D eigenvalue weighted by Gasteiger charge is 2.14. The highest BCUT2D eigenvalue weighted by Crippen LogP contribution is 2.38. The first kappa shape index (κ1) is 15.9. The summed E-state index contributed by atoms with van der Waals surface area (Å²) in [5, 5.41) is 19.0. The summed E-state index contributed by atoms with van der Waals surface area (Å²) in [7, 11) is 0. The van der Waals surface area contributed by atoms with Crippen LogP contribution in [-0.4, -0.2) is 15.9 Å². The number of hydrogen-bond acceptors (Lipinski definition) is 2. The highest BCUT2D eigenvalue weighted by molar-refractivity contribution is 6.00. The number of nitrogens with two attached hydrogens (primary N) is 1. The van der Waals surface area contributed by atoms with Crippen molar-refractivity contribution in [1.29, 1.82) is 5.41 Å². The number of phenols is 1. The molecule has 0 saturated heterocycles. The van der Waals surface area contributed by atoms with E-state index >= 15 is 0 Å². The van der Waals surface area contributed by atoms with Gasteiger partial charge >= 0.3 is 0 Å². The van der Waals surface area contributed by atoms with Gasteiger partial charge in [0.15, 0.2) is 0 Å². The Kier molecular flexibility index (Phi) is 3.69. The molecule has 0 bridgehead atoms. The third kappa shape index (κ3) is 2.59. The van der Waals surface area contributed by atoms with E-state index < -0.39 is 5.82 Å². The van der Waals surface area contributed by atoms with Crippen LogP contribution < -0.4 is 5.73 Å². The normalized spacial score (nSPS) is 11.0. The number of H-pyrrole nitrogens is 1. The van der Waals surface area contributed by atoms with Crippen LogP contribution in [-0.2, 0) is 0 Å². The Balaban J connectivity index is 1.87. The SMILES string of the molecule is N=C(N)c1cc2cc(-c3cccc(-c4ccccc4)c3O)[nH]c2cc1F. The number of benzene rings is 3. The molecule has 0 aliphatic heterocycles. The largest absolute Gasteiger partial charge is 0.507 e. The molecule has 0 spiro atoms. The van der Waals surface area contributed by atoms with Gasteiger partial charge in [0.05, 0.1) is 11.3 Å². The lowest BCUT2D eigenvalue weighted by atomic mass is 10.00. The van der Waals surface area contributed by atoms with Gasteiger partial charge in [0, 0.05) is 22.0 Å². The van der Waals surface area contributed by atoms with Gasteiger partial charge in [0.25, 0.3) is 0 Å². The number of para-hydroxylation sites is 1. The fraction of sp³-hybridized carbons (Fsp3) is 0. The smallest absolute Gasteiger partial charge is 0.136 e. The molecule has 0 fully saturated rings. The minimum absolute atomic E-state index is 0.0605. The zero-order valence-corrected chi connectivity index (χ0v) is 13.8. The van der Waals surface area contributed by atoms with Gasteiger partial charge in [-0.3, -0.25) is 5.41 Å². The van der Waals surface area contributed by atoms with E-state index in [1.165, 1.54) is 12.1 Å². The van der Waals surface area contributed by atoms with E-state index in [1.807, 2.05) is 48.5 Å². The zero-order valence-electron chi connectivity index (χ0n) is 13.8. The van der Waals surface area contributed by atoms with Gasteiger partial charge in [-0.1, -0.05) is 42.5 Å². The molecule has 3 aromatic carbocycles. The van der Waals surface area contributed by atoms with E-state index in [0.29, 0.717) is 16.8 Å². The van der Waals surface area contributed by atoms with Gasteiger partial charge in [-0.25, -0.2) is 4.39 Å². The average molecular weight is 345 g/mol. The maximum absolute atomic E-state index is 14.1. The first-order chi connectivity index (χ1) is 12.5. The number of nitrogen functional groups attached to an aromatic ring is 1. The second-order valence-electron chi connectivity index (χ2n) is 6.08. The number of fused-ring (bicyclic) bond motifs is 1. The van der Waals surface area contributed by atoms with Gasteiger partial charge < -0.3 is 15.8 Å². The molecule has 4 nitrogen and oxygen atoms in total. The van der Waals surface area contributed by atoms with E-state index in [4.69, 9.17) is 11.1 Å². The van der Waals surface area contributed by atoms with Crippen molar-refractivity contribution in [3.05, 3.63) is 78.1 Å². The second kappa shape index (κ2) is 6.04. The Morgan fingerprint density at radius 2 is 1.69 bits per heavy atom. The summed E-state index contributed by atoms with van der Waals surface area (Å²) in [5.41, 5.74) is 8.97. The molecule has 0 aliphatic carbocycles. The molecule has 5 N–H and O–H groups in total. The summed E-state index contributed by atoms with van der Waals surface area (Å²) < 4.78 is 14.1. The summed E-state index contributed by atoms with van der Waals surface area (Å²) in [6.45, 7) is 0. The van der Waals surface area contributed by atoms with Crippen LogP contribution >= 0.6 is 0 Å². The predicted octanol–water partition coefficient (Wildman–Crippen LogP) is 4.63. The summed E-state index contributed by atoms with van der Waals surface area (Å²) in [4.78, 5) is 3.13. The fourth-order valence-corrected chi connectivity index (χ4v) is 3.12. The summed E-state index contributed by atoms with van der Waals surface area (Å²) in [6, 6.07) is 19.8. The molecule has 0 aliphatic rings. The number of halogens is 1. The maximum atomic E-state index is 14.1. The number of aromatic hydroxyl groups is 1. The molecule has 0 unspecified atom stereocenters. The third-order valence-corrected chi connectivity index (χ3v) is 4.41. The van der Waals surface area contributed by atoms with Crippen LogP contribution in [0.25, 0.3) is 33.3 Å². The number of phenolic OH excluding ortho intramolecular Hbond substituents is 1. The average Bonchev–Trinajstić information content (AvgIpc) is 3.04. The number of nitrogens with one attached hydrogen (secondary N) is 2. The monoisotopic (exact) mass is 345 g/mol. The molecular formula is C21H16FN3O. The Labute approximate surface area is 149 Å². The molecular weight excluding hydrogens is 329 g/mol. The Bertz CT molecular complexity index is 1130. The van der Waals surface area contributed by atoms with E-state index in [0.717, 1.165) is 16.5 Å². The van der Waals surface area contributed by atoms with Crippen molar-refractivity contribution in [2.75, 3.05) is 0 Å². The van der Waals surface area contributed by atoms with Gasteiger partial charge in [-0.2, -0.15) is 0 Å². The van der Waals surface area contributed by atoms with Crippen molar-refractivity contribution < 1.29 is 9.50 Å². The predicted molar refractivity (Wildman–Crippen MR) is 102 cm³/mol. The van der Waals surface area contributed by atoms with Crippen molar-refractivity contribution in [1.82, 2.24) is 4.98 Å². The van der Waals surface area contributed by atoms with Crippen LogP contribution in [0.2, 0.25) is 0 Å². The number of aromatic nitrogens is 1. The topological polar surface area (TPSA) is 85.9 Å². The lowest BCUT2D eigenvalue weighted by Gasteiger charge is -2.09. The van der Waals surface area contributed by atoms with E-state index in [2.05, 4.69) is 4.98 Å². The number of aromatic amines is 1. The molecule has 0 saturated carbocycles. The molecule has 0 radical (unpaired) electrons. The first-order valence-electron chi connectivity index (χ1n) is 8.09. The van der Waals surface area contributed by atoms with Crippen LogP contribution in [0.15, 0.2) is 66.7 Å². The van der Waals surface area contributed by atoms with Crippen LogP contribution in [0.3, 0.4) is 0 Å². The third-order valence-electron chi connectivity index (χ3n) is 4.41. The molecule has 0 atom stereocenters. The quantitative estimate of drug-likeness (QED) is 0.322. The molecule has 26 heavy (non-hydrogen) atoms. The summed E-state index contributed by atoms with van der Waals surface area (Å²) >= 11 is 0. The van der Waals surface area contributed by atoms with Gasteiger partial charge in [-0.15, -0.1) is 0 Å². The Morgan fingerprint density at radius 3 is 2.42 bits per heavy atom. The summed E-state index contributed by atoms with van der Waals surface area (Å²) in [6.07, 6.45) is 0. The molecule has 1 heterocycles. The molecule has 1 aromatic heterocycles. The van der Waals surface area contributed by atoms with Crippen molar-refractivity contribution in [3.8, 4) is 28.1 Å². The van der Waals surface area contributed by atoms with Gasteiger partial charge in [-0.05, 0) is 29.8 Å². The van der Waals surface area contributed by atoms with Gasteiger partial charge in [0.2, 0.25) is 0 Å². The first-order valence-corrected chi connectivity index (χ1v) is 8.09. The molecule has 4 rings (SSSR count). The van der Waals surface area contributed by atoms with E-state index in [1.54, 1.807) is 6.07 Å². The van der Waals surface area contributed by atoms with Crippen LogP contribution in [0.1, 0.15) is 5.56 Å². The number of hydrogen-bond donors (Lipinski definition) is 4. The molecule has 0 amide bonds. The van der Waals surface area contributed by atoms with Crippen molar-refractivity contribution in [2.24, 2.45) is 5.73 Å². The van der Waals surface area contributed by atoms with Crippen LogP contribution in [0.4, 0.5) is 4.39 Å². The Hall–Kier alpha value is -3.60. The summed E-state index contributed by atoms with van der Waals surface area (Å²) in [5.74, 6) is -0.723. The highest BCUT2D eigenvalue weighted by atomic mass is 19.1. The fourth-order valence-electron chi connectivity index (χ4n) is 3.12. The van der Waals surface area contributed by atoms with E-state index in [-0.39, 0.29) is 17.1 Å². The van der Waals surface area contributed by atoms with Crippen LogP contribution in [0, 0.1) is 11.2 Å². The number of amidine groups is 1. The minimum Gasteiger partial charge on any atom is -0.507 e. The van der Waals surface area contributed by atoms with Gasteiger partial charge in [0.1, 0.15) is 17.4 Å². The molecule has 128 valence electrons.